The largest absolute Gasteiger partial charge is 0.409 e. The van der Waals surface area contributed by atoms with Crippen molar-refractivity contribution in [1.82, 2.24) is 9.78 Å². The maximum absolute atomic E-state index is 8.50. The number of halogens is 1. The van der Waals surface area contributed by atoms with Crippen molar-refractivity contribution in [3.8, 4) is 17.5 Å². The van der Waals surface area contributed by atoms with Crippen LogP contribution in [0.3, 0.4) is 0 Å². The first-order valence-electron chi connectivity index (χ1n) is 4.91. The van der Waals surface area contributed by atoms with Crippen LogP contribution in [0.5, 0.6) is 0 Å². The molecule has 0 radical (unpaired) electrons. The van der Waals surface area contributed by atoms with Crippen LogP contribution in [0.1, 0.15) is 6.42 Å². The van der Waals surface area contributed by atoms with Gasteiger partial charge in [0.15, 0.2) is 0 Å². The van der Waals surface area contributed by atoms with Gasteiger partial charge in [0.1, 0.15) is 0 Å². The molecule has 4 nitrogen and oxygen atoms in total. The highest BCUT2D eigenvalue weighted by atomic mass is 35.5. The first-order valence-corrected chi connectivity index (χ1v) is 5.70. The number of nitriles is 1. The topological polar surface area (TPSA) is 54.8 Å². The molecule has 1 aromatic heterocycles. The lowest BCUT2D eigenvalue weighted by molar-refractivity contribution is 0.514. The smallest absolute Gasteiger partial charge is 0.287 e. The van der Waals surface area contributed by atoms with Gasteiger partial charge in [-0.25, -0.2) is 4.68 Å². The normalized spacial score (nSPS) is 10.1. The molecule has 0 N–H and O–H groups in total. The summed E-state index contributed by atoms with van der Waals surface area (Å²) in [6.07, 6.45) is 0.348. The summed E-state index contributed by atoms with van der Waals surface area (Å²) < 4.78 is 6.85. The van der Waals surface area contributed by atoms with Crippen molar-refractivity contribution < 1.29 is 4.42 Å². The fourth-order valence-corrected chi connectivity index (χ4v) is 1.65. The van der Waals surface area contributed by atoms with Crippen molar-refractivity contribution in [1.29, 1.82) is 5.26 Å². The van der Waals surface area contributed by atoms with E-state index in [1.807, 2.05) is 6.07 Å². The van der Waals surface area contributed by atoms with Gasteiger partial charge in [-0.2, -0.15) is 5.26 Å². The molecule has 0 aliphatic rings. The Balaban J connectivity index is 2.31. The van der Waals surface area contributed by atoms with Crippen LogP contribution in [0.15, 0.2) is 28.7 Å². The highest BCUT2D eigenvalue weighted by Gasteiger charge is 2.07. The van der Waals surface area contributed by atoms with Crippen LogP contribution >= 0.6 is 23.8 Å². The molecule has 86 valence electrons. The third-order valence-electron chi connectivity index (χ3n) is 2.13. The first kappa shape index (κ1) is 11.8. The zero-order valence-electron chi connectivity index (χ0n) is 8.76. The summed E-state index contributed by atoms with van der Waals surface area (Å²) in [4.78, 5) is 0.269. The van der Waals surface area contributed by atoms with Crippen molar-refractivity contribution in [2.45, 2.75) is 13.0 Å². The molecule has 1 aromatic carbocycles. The van der Waals surface area contributed by atoms with Gasteiger partial charge in [-0.1, -0.05) is 11.6 Å². The molecular formula is C11H8ClN3OS. The molecule has 2 rings (SSSR count). The molecule has 0 atom stereocenters. The van der Waals surface area contributed by atoms with Crippen LogP contribution in [0.2, 0.25) is 5.02 Å². The van der Waals surface area contributed by atoms with E-state index in [0.717, 1.165) is 5.56 Å². The highest BCUT2D eigenvalue weighted by molar-refractivity contribution is 7.71. The third-order valence-corrected chi connectivity index (χ3v) is 2.68. The highest BCUT2D eigenvalue weighted by Crippen LogP contribution is 2.20. The Kier molecular flexibility index (Phi) is 3.57. The minimum atomic E-state index is 0.269. The second kappa shape index (κ2) is 5.13. The summed E-state index contributed by atoms with van der Waals surface area (Å²) in [5, 5.41) is 13.4. The van der Waals surface area contributed by atoms with Crippen LogP contribution in [0, 0.1) is 16.2 Å². The van der Waals surface area contributed by atoms with Gasteiger partial charge in [0, 0.05) is 10.6 Å². The number of hydrogen-bond donors (Lipinski definition) is 0. The minimum absolute atomic E-state index is 0.269. The predicted molar refractivity (Wildman–Crippen MR) is 66.0 cm³/mol. The standard InChI is InChI=1S/C11H8ClN3OS/c12-9-4-2-8(3-5-9)10-14-15(7-1-6-13)11(17)16-10/h2-5H,1,7H2. The molecule has 0 saturated heterocycles. The van der Waals surface area contributed by atoms with Crippen molar-refractivity contribution in [3.05, 3.63) is 34.1 Å². The van der Waals surface area contributed by atoms with Gasteiger partial charge in [-0.05, 0) is 36.5 Å². The zero-order valence-corrected chi connectivity index (χ0v) is 10.3. The van der Waals surface area contributed by atoms with Gasteiger partial charge in [0.25, 0.3) is 4.84 Å². The molecule has 0 spiro atoms. The van der Waals surface area contributed by atoms with Crippen LogP contribution in [0.25, 0.3) is 11.5 Å². The monoisotopic (exact) mass is 265 g/mol. The van der Waals surface area contributed by atoms with Crippen molar-refractivity contribution in [3.63, 3.8) is 0 Å². The second-order valence-electron chi connectivity index (χ2n) is 3.31. The molecule has 0 fully saturated rings. The average Bonchev–Trinajstić information content (AvgIpc) is 2.69. The fourth-order valence-electron chi connectivity index (χ4n) is 1.31. The van der Waals surface area contributed by atoms with E-state index in [9.17, 15) is 0 Å². The maximum atomic E-state index is 8.50. The molecule has 0 unspecified atom stereocenters. The Hall–Kier alpha value is -1.64. The van der Waals surface area contributed by atoms with Gasteiger partial charge in [0.05, 0.1) is 19.0 Å². The van der Waals surface area contributed by atoms with E-state index in [1.54, 1.807) is 24.3 Å². The Labute approximate surface area is 108 Å². The molecule has 1 heterocycles. The molecule has 0 aliphatic carbocycles. The van der Waals surface area contributed by atoms with Crippen LogP contribution in [0.4, 0.5) is 0 Å². The molecule has 0 saturated carbocycles. The molecule has 0 amide bonds. The van der Waals surface area contributed by atoms with E-state index in [4.69, 9.17) is 33.5 Å². The van der Waals surface area contributed by atoms with E-state index in [0.29, 0.717) is 23.9 Å². The third kappa shape index (κ3) is 2.73. The lowest BCUT2D eigenvalue weighted by atomic mass is 10.2. The zero-order chi connectivity index (χ0) is 12.3. The summed E-state index contributed by atoms with van der Waals surface area (Å²) in [7, 11) is 0. The maximum Gasteiger partial charge on any atom is 0.287 e. The van der Waals surface area contributed by atoms with Crippen LogP contribution in [-0.4, -0.2) is 9.78 Å². The second-order valence-corrected chi connectivity index (χ2v) is 4.10. The van der Waals surface area contributed by atoms with Crippen LogP contribution < -0.4 is 0 Å². The van der Waals surface area contributed by atoms with E-state index >= 15 is 0 Å². The first-order chi connectivity index (χ1) is 8.20. The minimum Gasteiger partial charge on any atom is -0.409 e. The van der Waals surface area contributed by atoms with Gasteiger partial charge in [-0.3, -0.25) is 0 Å². The summed E-state index contributed by atoms with van der Waals surface area (Å²) >= 11 is 10.8. The van der Waals surface area contributed by atoms with E-state index < -0.39 is 0 Å². The average molecular weight is 266 g/mol. The van der Waals surface area contributed by atoms with Gasteiger partial charge < -0.3 is 4.42 Å². The summed E-state index contributed by atoms with van der Waals surface area (Å²) in [6, 6.07) is 9.15. The summed E-state index contributed by atoms with van der Waals surface area (Å²) in [5.41, 5.74) is 0.802. The number of hydrogen-bond acceptors (Lipinski definition) is 4. The number of aromatic nitrogens is 2. The van der Waals surface area contributed by atoms with Gasteiger partial charge in [-0.15, -0.1) is 5.10 Å². The lowest BCUT2D eigenvalue weighted by Crippen LogP contribution is -1.99. The molecule has 0 aliphatic heterocycles. The van der Waals surface area contributed by atoms with Crippen molar-refractivity contribution in [2.75, 3.05) is 0 Å². The Morgan fingerprint density at radius 3 is 2.76 bits per heavy atom. The Bertz CT molecular complexity index is 609. The lowest BCUT2D eigenvalue weighted by Gasteiger charge is -1.94. The molecule has 2 aromatic rings. The van der Waals surface area contributed by atoms with E-state index in [2.05, 4.69) is 5.10 Å². The van der Waals surface area contributed by atoms with Crippen LogP contribution in [-0.2, 0) is 6.54 Å². The number of nitrogens with zero attached hydrogens (tertiary/aromatic N) is 3. The van der Waals surface area contributed by atoms with E-state index in [1.165, 1.54) is 4.68 Å². The summed E-state index contributed by atoms with van der Waals surface area (Å²) in [6.45, 7) is 0.437. The number of benzene rings is 1. The quantitative estimate of drug-likeness (QED) is 0.798. The SMILES string of the molecule is N#CCCn1nc(-c2ccc(Cl)cc2)oc1=S. The molecule has 17 heavy (non-hydrogen) atoms. The summed E-state index contributed by atoms with van der Waals surface area (Å²) in [5.74, 6) is 0.435. The van der Waals surface area contributed by atoms with Gasteiger partial charge in [0.2, 0.25) is 5.89 Å². The van der Waals surface area contributed by atoms with Crippen molar-refractivity contribution >= 4 is 23.8 Å². The van der Waals surface area contributed by atoms with E-state index in [-0.39, 0.29) is 4.84 Å². The predicted octanol–water partition coefficient (Wildman–Crippen LogP) is 3.44. The van der Waals surface area contributed by atoms with Crippen molar-refractivity contribution in [2.24, 2.45) is 0 Å². The van der Waals surface area contributed by atoms with Gasteiger partial charge >= 0.3 is 0 Å². The number of aryl methyl sites for hydroxylation is 1. The Morgan fingerprint density at radius 1 is 1.41 bits per heavy atom. The Morgan fingerprint density at radius 2 is 2.12 bits per heavy atom. The molecule has 0 bridgehead atoms. The molecule has 6 heteroatoms. The fraction of sp³-hybridized carbons (Fsp3) is 0.182. The molecular weight excluding hydrogens is 258 g/mol. The number of rotatable bonds is 3.